The van der Waals surface area contributed by atoms with Gasteiger partial charge in [-0.3, -0.25) is 20.2 Å². The van der Waals surface area contributed by atoms with E-state index < -0.39 is 28.9 Å². The van der Waals surface area contributed by atoms with Crippen molar-refractivity contribution in [3.8, 4) is 0 Å². The molecule has 8 nitrogen and oxygen atoms in total. The highest BCUT2D eigenvalue weighted by atomic mass is 32.2. The van der Waals surface area contributed by atoms with Crippen LogP contribution in [0.3, 0.4) is 0 Å². The zero-order valence-electron chi connectivity index (χ0n) is 10.9. The molecule has 2 aliphatic rings. The van der Waals surface area contributed by atoms with Crippen LogP contribution in [0.1, 0.15) is 6.92 Å². The van der Waals surface area contributed by atoms with Crippen LogP contribution in [-0.4, -0.2) is 58.4 Å². The standard InChI is InChI=1S/C11H14N2O6S/c1-5(14)19-3-6-4-20-10-11(12,18-2)9(17)13(10)7(6)8(15)16/h10H,3-4,12H2,1-2H3,(H,15,16)/t10-,11-/m1/s1. The number of thioether (sulfide) groups is 1. The van der Waals surface area contributed by atoms with E-state index in [0.717, 1.165) is 4.90 Å². The second-order valence-electron chi connectivity index (χ2n) is 4.37. The smallest absolute Gasteiger partial charge is 0.352 e. The minimum atomic E-state index is -1.50. The highest BCUT2D eigenvalue weighted by Crippen LogP contribution is 2.45. The van der Waals surface area contributed by atoms with Gasteiger partial charge in [-0.1, -0.05) is 0 Å². The summed E-state index contributed by atoms with van der Waals surface area (Å²) in [4.78, 5) is 35.3. The van der Waals surface area contributed by atoms with Crippen LogP contribution in [0.15, 0.2) is 11.3 Å². The maximum Gasteiger partial charge on any atom is 0.352 e. The number of esters is 1. The van der Waals surface area contributed by atoms with E-state index in [1.165, 1.54) is 25.8 Å². The summed E-state index contributed by atoms with van der Waals surface area (Å²) in [6, 6.07) is 0. The molecule has 3 N–H and O–H groups in total. The van der Waals surface area contributed by atoms with Gasteiger partial charge in [-0.25, -0.2) is 4.79 Å². The molecule has 9 heteroatoms. The molecule has 0 aromatic rings. The third kappa shape index (κ3) is 2.07. The van der Waals surface area contributed by atoms with Crippen LogP contribution in [0.4, 0.5) is 0 Å². The average molecular weight is 302 g/mol. The van der Waals surface area contributed by atoms with Crippen LogP contribution in [-0.2, 0) is 23.9 Å². The van der Waals surface area contributed by atoms with Crippen LogP contribution in [0.25, 0.3) is 0 Å². The minimum absolute atomic E-state index is 0.162. The van der Waals surface area contributed by atoms with E-state index in [1.54, 1.807) is 0 Å². The molecule has 20 heavy (non-hydrogen) atoms. The van der Waals surface area contributed by atoms with Crippen molar-refractivity contribution in [2.75, 3.05) is 19.5 Å². The highest BCUT2D eigenvalue weighted by molar-refractivity contribution is 8.00. The predicted molar refractivity (Wildman–Crippen MR) is 68.3 cm³/mol. The van der Waals surface area contributed by atoms with E-state index in [9.17, 15) is 19.5 Å². The fourth-order valence-electron chi connectivity index (χ4n) is 2.10. The molecule has 2 heterocycles. The lowest BCUT2D eigenvalue weighted by Gasteiger charge is -2.54. The molecule has 1 saturated heterocycles. The van der Waals surface area contributed by atoms with E-state index in [1.807, 2.05) is 0 Å². The number of ether oxygens (including phenoxy) is 2. The van der Waals surface area contributed by atoms with Crippen LogP contribution in [0.5, 0.6) is 0 Å². The molecule has 1 amide bonds. The molecule has 0 aliphatic carbocycles. The Bertz CT molecular complexity index is 519. The van der Waals surface area contributed by atoms with Crippen LogP contribution >= 0.6 is 11.8 Å². The van der Waals surface area contributed by atoms with Gasteiger partial charge in [-0.05, 0) is 0 Å². The second kappa shape index (κ2) is 5.08. The number of amides is 1. The molecule has 2 rings (SSSR count). The molecule has 0 aromatic heterocycles. The van der Waals surface area contributed by atoms with E-state index in [4.69, 9.17) is 15.2 Å². The zero-order chi connectivity index (χ0) is 15.1. The van der Waals surface area contributed by atoms with Crippen molar-refractivity contribution in [3.63, 3.8) is 0 Å². The van der Waals surface area contributed by atoms with Crippen LogP contribution in [0.2, 0.25) is 0 Å². The van der Waals surface area contributed by atoms with Gasteiger partial charge in [0.2, 0.25) is 5.72 Å². The molecule has 0 bridgehead atoms. The number of carbonyl (C=O) groups is 3. The third-order valence-electron chi connectivity index (χ3n) is 3.14. The summed E-state index contributed by atoms with van der Waals surface area (Å²) in [7, 11) is 1.30. The van der Waals surface area contributed by atoms with Gasteiger partial charge in [-0.15, -0.1) is 11.8 Å². The second-order valence-corrected chi connectivity index (χ2v) is 5.44. The van der Waals surface area contributed by atoms with E-state index >= 15 is 0 Å². The topological polar surface area (TPSA) is 119 Å². The SMILES string of the molecule is CO[C@]1(N)C(=O)N2C(C(=O)O)=C(COC(C)=O)CS[C@@H]21. The maximum atomic E-state index is 12.0. The first-order chi connectivity index (χ1) is 9.32. The molecule has 110 valence electrons. The highest BCUT2D eigenvalue weighted by Gasteiger charge is 2.63. The Kier molecular flexibility index (Phi) is 3.76. The number of β-lactam (4-membered cyclic amide) rings is 1. The summed E-state index contributed by atoms with van der Waals surface area (Å²) >= 11 is 1.27. The Hall–Kier alpha value is -1.58. The summed E-state index contributed by atoms with van der Waals surface area (Å²) < 4.78 is 9.79. The van der Waals surface area contributed by atoms with E-state index in [2.05, 4.69) is 0 Å². The van der Waals surface area contributed by atoms with Gasteiger partial charge in [0.05, 0.1) is 0 Å². The molecule has 0 aromatic carbocycles. The lowest BCUT2D eigenvalue weighted by atomic mass is 9.99. The van der Waals surface area contributed by atoms with Crippen molar-refractivity contribution in [1.29, 1.82) is 0 Å². The number of hydrogen-bond acceptors (Lipinski definition) is 7. The summed E-state index contributed by atoms with van der Waals surface area (Å²) in [6.45, 7) is 1.06. The monoisotopic (exact) mass is 302 g/mol. The summed E-state index contributed by atoms with van der Waals surface area (Å²) in [5.74, 6) is -2.10. The number of carboxylic acid groups (broad SMARTS) is 1. The molecule has 0 unspecified atom stereocenters. The van der Waals surface area contributed by atoms with E-state index in [0.29, 0.717) is 11.3 Å². The first-order valence-corrected chi connectivity index (χ1v) is 6.75. The van der Waals surface area contributed by atoms with Crippen molar-refractivity contribution >= 4 is 29.6 Å². The molecule has 0 saturated carbocycles. The molecule has 2 aliphatic heterocycles. The average Bonchev–Trinajstić information content (AvgIpc) is 2.42. The van der Waals surface area contributed by atoms with Gasteiger partial charge < -0.3 is 14.6 Å². The largest absolute Gasteiger partial charge is 0.477 e. The number of methoxy groups -OCH3 is 1. The number of carboxylic acids is 1. The lowest BCUT2D eigenvalue weighted by molar-refractivity contribution is -0.183. The Morgan fingerprint density at radius 1 is 1.60 bits per heavy atom. The Morgan fingerprint density at radius 3 is 2.75 bits per heavy atom. The first kappa shape index (κ1) is 14.8. The van der Waals surface area contributed by atoms with Crippen molar-refractivity contribution in [2.24, 2.45) is 5.73 Å². The lowest BCUT2D eigenvalue weighted by Crippen LogP contribution is -2.78. The zero-order valence-corrected chi connectivity index (χ0v) is 11.7. The molecule has 1 fully saturated rings. The fourth-order valence-corrected chi connectivity index (χ4v) is 3.48. The van der Waals surface area contributed by atoms with Gasteiger partial charge in [0.1, 0.15) is 17.7 Å². The number of aliphatic carboxylic acids is 1. The Labute approximate surface area is 118 Å². The Morgan fingerprint density at radius 2 is 2.25 bits per heavy atom. The van der Waals surface area contributed by atoms with Crippen LogP contribution in [0, 0.1) is 0 Å². The number of hydrogen-bond donors (Lipinski definition) is 2. The quantitative estimate of drug-likeness (QED) is 0.390. The summed E-state index contributed by atoms with van der Waals surface area (Å²) in [6.07, 6.45) is 0. The van der Waals surface area contributed by atoms with Crippen LogP contribution < -0.4 is 5.73 Å². The normalized spacial score (nSPS) is 28.9. The molecular weight excluding hydrogens is 288 g/mol. The summed E-state index contributed by atoms with van der Waals surface area (Å²) in [5, 5.41) is 8.68. The summed E-state index contributed by atoms with van der Waals surface area (Å²) in [5.41, 5.74) is 4.47. The molecule has 0 radical (unpaired) electrons. The minimum Gasteiger partial charge on any atom is -0.477 e. The number of carbonyl (C=O) groups excluding carboxylic acids is 2. The van der Waals surface area contributed by atoms with E-state index in [-0.39, 0.29) is 12.3 Å². The van der Waals surface area contributed by atoms with Crippen molar-refractivity contribution < 1.29 is 29.0 Å². The fraction of sp³-hybridized carbons (Fsp3) is 0.545. The Balaban J connectivity index is 2.31. The van der Waals surface area contributed by atoms with Gasteiger partial charge in [0, 0.05) is 25.4 Å². The van der Waals surface area contributed by atoms with Gasteiger partial charge in [-0.2, -0.15) is 0 Å². The maximum absolute atomic E-state index is 12.0. The van der Waals surface area contributed by atoms with Crippen molar-refractivity contribution in [2.45, 2.75) is 18.0 Å². The predicted octanol–water partition coefficient (Wildman–Crippen LogP) is -0.895. The number of nitrogens with two attached hydrogens (primary N) is 1. The number of fused-ring (bicyclic) bond motifs is 1. The molecule has 2 atom stereocenters. The van der Waals surface area contributed by atoms with Gasteiger partial charge in [0.15, 0.2) is 0 Å². The first-order valence-electron chi connectivity index (χ1n) is 5.71. The number of nitrogens with zero attached hydrogens (tertiary/aromatic N) is 1. The molecular formula is C11H14N2O6S. The van der Waals surface area contributed by atoms with Crippen molar-refractivity contribution in [1.82, 2.24) is 4.90 Å². The molecule has 0 spiro atoms. The van der Waals surface area contributed by atoms with Gasteiger partial charge >= 0.3 is 11.9 Å². The number of rotatable bonds is 4. The third-order valence-corrected chi connectivity index (χ3v) is 4.53. The van der Waals surface area contributed by atoms with Gasteiger partial charge in [0.25, 0.3) is 5.91 Å². The van der Waals surface area contributed by atoms with Crippen molar-refractivity contribution in [3.05, 3.63) is 11.3 Å².